The van der Waals surface area contributed by atoms with Crippen LogP contribution in [0.2, 0.25) is 0 Å². The van der Waals surface area contributed by atoms with Crippen molar-refractivity contribution in [3.63, 3.8) is 0 Å². The molecule has 2 aromatic heterocycles. The Morgan fingerprint density at radius 2 is 1.97 bits per heavy atom. The van der Waals surface area contributed by atoms with Crippen molar-refractivity contribution in [1.82, 2.24) is 9.47 Å². The van der Waals surface area contributed by atoms with E-state index in [0.29, 0.717) is 31.4 Å². The van der Waals surface area contributed by atoms with Crippen molar-refractivity contribution in [2.45, 2.75) is 26.9 Å². The molecule has 1 aliphatic rings. The van der Waals surface area contributed by atoms with Gasteiger partial charge in [-0.2, -0.15) is 4.57 Å². The van der Waals surface area contributed by atoms with E-state index in [-0.39, 0.29) is 24.6 Å². The first-order chi connectivity index (χ1) is 16.5. The molecule has 0 atom stereocenters. The molecule has 0 spiro atoms. The van der Waals surface area contributed by atoms with E-state index in [9.17, 15) is 14.4 Å². The lowest BCUT2D eigenvalue weighted by Crippen LogP contribution is -2.34. The quantitative estimate of drug-likeness (QED) is 0.192. The summed E-state index contributed by atoms with van der Waals surface area (Å²) in [4.78, 5) is 38.6. The summed E-state index contributed by atoms with van der Waals surface area (Å²) in [5, 5.41) is 1.08. The standard InChI is InChI=1S/C23H22N3O4S4/c1-3-24-15-8-5-6-9-16(15)32-18(24)11-7-10-17-20(28)26(12-13-30-14-27)22(33-17)19-21(29)25(4-2)23(31)34-19/h5-11,14H,3-4,12-13H2,1-2H3/q+1. The summed E-state index contributed by atoms with van der Waals surface area (Å²) in [6.45, 7) is 5.79. The molecule has 0 unspecified atom stereocenters. The highest BCUT2D eigenvalue weighted by Gasteiger charge is 2.32. The lowest BCUT2D eigenvalue weighted by molar-refractivity contribution is -0.665. The Morgan fingerprint density at radius 3 is 2.68 bits per heavy atom. The Labute approximate surface area is 213 Å². The van der Waals surface area contributed by atoms with Gasteiger partial charge in [0.2, 0.25) is 5.52 Å². The highest BCUT2D eigenvalue weighted by atomic mass is 32.2. The SMILES string of the molecule is CCN1C(=O)C(=c2sc(=CC=Cc3sc4ccccc4[n+]3CC)c(=O)n2CCOC=O)SC1=S. The molecule has 1 aliphatic heterocycles. The Bertz CT molecular complexity index is 1480. The molecule has 3 heterocycles. The molecule has 11 heteroatoms. The van der Waals surface area contributed by atoms with Gasteiger partial charge in [0, 0.05) is 18.7 Å². The third kappa shape index (κ3) is 4.65. The first kappa shape index (κ1) is 24.5. The van der Waals surface area contributed by atoms with E-state index in [4.69, 9.17) is 17.0 Å². The van der Waals surface area contributed by atoms with E-state index in [1.807, 2.05) is 31.2 Å². The highest BCUT2D eigenvalue weighted by molar-refractivity contribution is 8.30. The number of thiocarbonyl (C=S) groups is 1. The minimum atomic E-state index is -0.236. The van der Waals surface area contributed by atoms with Crippen LogP contribution in [-0.4, -0.2) is 39.3 Å². The summed E-state index contributed by atoms with van der Waals surface area (Å²) in [7, 11) is 0. The van der Waals surface area contributed by atoms with Crippen LogP contribution in [0.4, 0.5) is 0 Å². The molecule has 7 nitrogen and oxygen atoms in total. The zero-order chi connectivity index (χ0) is 24.2. The van der Waals surface area contributed by atoms with Gasteiger partial charge in [0.25, 0.3) is 22.9 Å². The van der Waals surface area contributed by atoms with Crippen molar-refractivity contribution in [3.05, 3.63) is 54.9 Å². The summed E-state index contributed by atoms with van der Waals surface area (Å²) in [6, 6.07) is 8.24. The number of nitrogens with zero attached hydrogens (tertiary/aromatic N) is 3. The number of benzene rings is 1. The summed E-state index contributed by atoms with van der Waals surface area (Å²) in [5.74, 6) is -0.208. The Morgan fingerprint density at radius 1 is 1.18 bits per heavy atom. The molecular formula is C23H22N3O4S4+. The van der Waals surface area contributed by atoms with Gasteiger partial charge in [-0.25, -0.2) is 0 Å². The second-order valence-corrected chi connectivity index (χ2v) is 10.9. The molecule has 1 aromatic carbocycles. The number of hydrogen-bond donors (Lipinski definition) is 0. The smallest absolute Gasteiger partial charge is 0.293 e. The molecule has 0 bridgehead atoms. The predicted octanol–water partition coefficient (Wildman–Crippen LogP) is 2.09. The van der Waals surface area contributed by atoms with Crippen LogP contribution in [0.15, 0.2) is 35.1 Å². The summed E-state index contributed by atoms with van der Waals surface area (Å²) in [5.41, 5.74) is 0.941. The summed E-state index contributed by atoms with van der Waals surface area (Å²) in [6.07, 6.45) is 5.61. The van der Waals surface area contributed by atoms with Gasteiger partial charge in [-0.3, -0.25) is 23.9 Å². The molecule has 0 saturated carbocycles. The van der Waals surface area contributed by atoms with Gasteiger partial charge in [0.1, 0.15) is 31.7 Å². The van der Waals surface area contributed by atoms with Crippen molar-refractivity contribution in [3.8, 4) is 0 Å². The van der Waals surface area contributed by atoms with Gasteiger partial charge in [-0.15, -0.1) is 11.3 Å². The minimum Gasteiger partial charge on any atom is -0.466 e. The number of para-hydroxylation sites is 1. The third-order valence-electron chi connectivity index (χ3n) is 5.21. The number of allylic oxidation sites excluding steroid dienone is 1. The van der Waals surface area contributed by atoms with Crippen molar-refractivity contribution < 1.29 is 18.9 Å². The lowest BCUT2D eigenvalue weighted by atomic mass is 10.3. The number of aromatic nitrogens is 2. The monoisotopic (exact) mass is 532 g/mol. The molecule has 0 aliphatic carbocycles. The molecule has 1 saturated heterocycles. The average Bonchev–Trinajstić information content (AvgIpc) is 3.44. The van der Waals surface area contributed by atoms with Crippen LogP contribution in [0.1, 0.15) is 18.9 Å². The molecule has 4 rings (SSSR count). The van der Waals surface area contributed by atoms with E-state index >= 15 is 0 Å². The molecule has 0 radical (unpaired) electrons. The van der Waals surface area contributed by atoms with Crippen LogP contribution in [-0.2, 0) is 27.4 Å². The first-order valence-electron chi connectivity index (χ1n) is 10.6. The number of carbonyl (C=O) groups is 2. The van der Waals surface area contributed by atoms with Gasteiger partial charge in [0.15, 0.2) is 0 Å². The molecule has 0 N–H and O–H groups in total. The second-order valence-electron chi connectivity index (χ2n) is 7.12. The minimum absolute atomic E-state index is 0.0365. The number of rotatable bonds is 8. The topological polar surface area (TPSA) is 72.5 Å². The normalized spacial score (nSPS) is 16.4. The summed E-state index contributed by atoms with van der Waals surface area (Å²) < 4.78 is 11.2. The number of thioether (sulfide) groups is 1. The number of fused-ring (bicyclic) bond motifs is 1. The highest BCUT2D eigenvalue weighted by Crippen LogP contribution is 2.30. The second kappa shape index (κ2) is 10.8. The number of amides is 1. The number of aryl methyl sites for hydroxylation is 1. The van der Waals surface area contributed by atoms with E-state index in [1.165, 1.54) is 42.8 Å². The van der Waals surface area contributed by atoms with Crippen LogP contribution in [0.5, 0.6) is 0 Å². The van der Waals surface area contributed by atoms with Gasteiger partial charge in [-0.05, 0) is 26.0 Å². The van der Waals surface area contributed by atoms with Crippen LogP contribution in [0.25, 0.3) is 27.3 Å². The Kier molecular flexibility index (Phi) is 7.77. The van der Waals surface area contributed by atoms with Crippen LogP contribution >= 0.6 is 46.7 Å². The maximum absolute atomic E-state index is 13.2. The zero-order valence-electron chi connectivity index (χ0n) is 18.6. The zero-order valence-corrected chi connectivity index (χ0v) is 21.8. The van der Waals surface area contributed by atoms with E-state index in [1.54, 1.807) is 17.4 Å². The molecule has 3 aromatic rings. The van der Waals surface area contributed by atoms with Crippen LogP contribution in [0, 0.1) is 0 Å². The lowest BCUT2D eigenvalue weighted by Gasteiger charge is -2.09. The van der Waals surface area contributed by atoms with Crippen molar-refractivity contribution >= 4 is 90.6 Å². The van der Waals surface area contributed by atoms with E-state index < -0.39 is 0 Å². The number of thiazole rings is 2. The van der Waals surface area contributed by atoms with Gasteiger partial charge >= 0.3 is 0 Å². The van der Waals surface area contributed by atoms with E-state index in [0.717, 1.165) is 11.6 Å². The fraction of sp³-hybridized carbons (Fsp3) is 0.261. The maximum atomic E-state index is 13.2. The molecular weight excluding hydrogens is 511 g/mol. The average molecular weight is 533 g/mol. The predicted molar refractivity (Wildman–Crippen MR) is 142 cm³/mol. The number of ether oxygens (including phenoxy) is 1. The molecule has 34 heavy (non-hydrogen) atoms. The molecule has 1 fully saturated rings. The van der Waals surface area contributed by atoms with Crippen LogP contribution < -0.4 is 19.3 Å². The Hall–Kier alpha value is -2.60. The van der Waals surface area contributed by atoms with Gasteiger partial charge in [-0.1, -0.05) is 53.5 Å². The van der Waals surface area contributed by atoms with Crippen molar-refractivity contribution in [2.75, 3.05) is 13.2 Å². The number of carbonyl (C=O) groups excluding carboxylic acids is 2. The summed E-state index contributed by atoms with van der Waals surface area (Å²) >= 11 is 9.45. The number of hydrogen-bond acceptors (Lipinski definition) is 8. The van der Waals surface area contributed by atoms with Crippen molar-refractivity contribution in [1.29, 1.82) is 0 Å². The third-order valence-corrected chi connectivity index (χ3v) is 9.05. The van der Waals surface area contributed by atoms with Gasteiger partial charge in [0.05, 0.1) is 11.1 Å². The largest absolute Gasteiger partial charge is 0.466 e. The maximum Gasteiger partial charge on any atom is 0.293 e. The van der Waals surface area contributed by atoms with Crippen LogP contribution in [0.3, 0.4) is 0 Å². The fourth-order valence-electron chi connectivity index (χ4n) is 3.62. The van der Waals surface area contributed by atoms with Crippen molar-refractivity contribution in [2.24, 2.45) is 0 Å². The fourth-order valence-corrected chi connectivity index (χ4v) is 7.38. The molecule has 176 valence electrons. The van der Waals surface area contributed by atoms with E-state index in [2.05, 4.69) is 23.6 Å². The van der Waals surface area contributed by atoms with Gasteiger partial charge < -0.3 is 4.74 Å². The molecule has 1 amide bonds. The Balaban J connectivity index is 1.79. The first-order valence-corrected chi connectivity index (χ1v) is 13.5.